The van der Waals surface area contributed by atoms with Crippen molar-refractivity contribution in [3.63, 3.8) is 0 Å². The fraction of sp³-hybridized carbons (Fsp3) is 0.400. The minimum atomic E-state index is -0.309. The number of unbranched alkanes of at least 4 members (excludes halogenated alkanes) is 5. The van der Waals surface area contributed by atoms with E-state index in [4.69, 9.17) is 4.74 Å². The molecule has 0 bridgehead atoms. The van der Waals surface area contributed by atoms with Crippen molar-refractivity contribution in [2.75, 3.05) is 6.61 Å². The molecule has 3 heteroatoms. The zero-order valence-corrected chi connectivity index (χ0v) is 13.7. The summed E-state index contributed by atoms with van der Waals surface area (Å²) in [5.41, 5.74) is 1.25. The summed E-state index contributed by atoms with van der Waals surface area (Å²) in [5, 5.41) is 9.29. The molecule has 2 aromatic carbocycles. The fourth-order valence-electron chi connectivity index (χ4n) is 2.53. The Kier molecular flexibility index (Phi) is 6.92. The highest BCUT2D eigenvalue weighted by Crippen LogP contribution is 2.27. The van der Waals surface area contributed by atoms with Gasteiger partial charge in [-0.3, -0.25) is 0 Å². The van der Waals surface area contributed by atoms with Gasteiger partial charge in [0, 0.05) is 11.6 Å². The van der Waals surface area contributed by atoms with Crippen molar-refractivity contribution in [3.8, 4) is 22.6 Å². The molecule has 2 rings (SSSR count). The van der Waals surface area contributed by atoms with Crippen LogP contribution in [-0.2, 0) is 0 Å². The quantitative estimate of drug-likeness (QED) is 0.580. The lowest BCUT2D eigenvalue weighted by Crippen LogP contribution is -1.98. The molecule has 0 radical (unpaired) electrons. The molecule has 2 aromatic rings. The fourth-order valence-corrected chi connectivity index (χ4v) is 2.53. The number of benzene rings is 2. The Morgan fingerprint density at radius 1 is 0.913 bits per heavy atom. The molecule has 124 valence electrons. The molecule has 2 nitrogen and oxygen atoms in total. The predicted molar refractivity (Wildman–Crippen MR) is 92.4 cm³/mol. The van der Waals surface area contributed by atoms with Crippen molar-refractivity contribution < 1.29 is 14.2 Å². The largest absolute Gasteiger partial charge is 0.508 e. The van der Waals surface area contributed by atoms with Gasteiger partial charge in [-0.2, -0.15) is 0 Å². The minimum Gasteiger partial charge on any atom is -0.508 e. The number of hydrogen-bond acceptors (Lipinski definition) is 2. The third kappa shape index (κ3) is 5.59. The first-order valence-electron chi connectivity index (χ1n) is 8.42. The zero-order valence-electron chi connectivity index (χ0n) is 13.7. The van der Waals surface area contributed by atoms with Crippen LogP contribution < -0.4 is 4.74 Å². The highest BCUT2D eigenvalue weighted by atomic mass is 19.1. The van der Waals surface area contributed by atoms with Crippen LogP contribution in [0.25, 0.3) is 11.1 Å². The summed E-state index contributed by atoms with van der Waals surface area (Å²) in [7, 11) is 0. The van der Waals surface area contributed by atoms with Gasteiger partial charge in [0.2, 0.25) is 0 Å². The minimum absolute atomic E-state index is 0.174. The summed E-state index contributed by atoms with van der Waals surface area (Å²) in [5.74, 6) is 0.433. The van der Waals surface area contributed by atoms with Gasteiger partial charge in [-0.1, -0.05) is 51.2 Å². The molecular formula is C20H25FO2. The van der Waals surface area contributed by atoms with Gasteiger partial charge in [0.1, 0.15) is 17.3 Å². The summed E-state index contributed by atoms with van der Waals surface area (Å²) in [6, 6.07) is 11.4. The van der Waals surface area contributed by atoms with E-state index in [0.29, 0.717) is 17.9 Å². The maximum Gasteiger partial charge on any atom is 0.134 e. The summed E-state index contributed by atoms with van der Waals surface area (Å²) in [6.07, 6.45) is 7.24. The Hall–Kier alpha value is -2.03. The van der Waals surface area contributed by atoms with Gasteiger partial charge in [0.15, 0.2) is 0 Å². The van der Waals surface area contributed by atoms with E-state index < -0.39 is 0 Å². The molecule has 23 heavy (non-hydrogen) atoms. The number of halogens is 1. The lowest BCUT2D eigenvalue weighted by molar-refractivity contribution is 0.303. The van der Waals surface area contributed by atoms with E-state index in [1.165, 1.54) is 31.7 Å². The van der Waals surface area contributed by atoms with Crippen LogP contribution in [0.1, 0.15) is 45.4 Å². The molecule has 0 heterocycles. The molecule has 0 saturated carbocycles. The van der Waals surface area contributed by atoms with Gasteiger partial charge >= 0.3 is 0 Å². The van der Waals surface area contributed by atoms with Crippen LogP contribution >= 0.6 is 0 Å². The van der Waals surface area contributed by atoms with Gasteiger partial charge < -0.3 is 9.84 Å². The van der Waals surface area contributed by atoms with E-state index in [1.807, 2.05) is 0 Å². The van der Waals surface area contributed by atoms with Crippen LogP contribution in [0.5, 0.6) is 11.5 Å². The lowest BCUT2D eigenvalue weighted by atomic mass is 10.0. The third-order valence-corrected chi connectivity index (χ3v) is 3.89. The first-order valence-corrected chi connectivity index (χ1v) is 8.42. The van der Waals surface area contributed by atoms with Crippen molar-refractivity contribution in [1.29, 1.82) is 0 Å². The van der Waals surface area contributed by atoms with Crippen LogP contribution in [-0.4, -0.2) is 11.7 Å². The van der Waals surface area contributed by atoms with Crippen molar-refractivity contribution in [2.45, 2.75) is 45.4 Å². The highest BCUT2D eigenvalue weighted by Gasteiger charge is 2.07. The molecular weight excluding hydrogens is 291 g/mol. The lowest BCUT2D eigenvalue weighted by Gasteiger charge is -2.09. The zero-order chi connectivity index (χ0) is 16.5. The number of phenolic OH excluding ortho intramolecular Hbond substituents is 1. The second-order valence-electron chi connectivity index (χ2n) is 5.80. The highest BCUT2D eigenvalue weighted by molar-refractivity contribution is 5.65. The normalized spacial score (nSPS) is 10.7. The first kappa shape index (κ1) is 17.3. The SMILES string of the molecule is CCCCCCCCOc1ccc(-c2ccc(O)cc2)c(F)c1. The Balaban J connectivity index is 1.83. The first-order chi connectivity index (χ1) is 11.2. The van der Waals surface area contributed by atoms with E-state index in [1.54, 1.807) is 36.4 Å². The summed E-state index contributed by atoms with van der Waals surface area (Å²) in [6.45, 7) is 2.84. The Morgan fingerprint density at radius 2 is 1.61 bits per heavy atom. The van der Waals surface area contributed by atoms with Crippen LogP contribution in [0.2, 0.25) is 0 Å². The van der Waals surface area contributed by atoms with Gasteiger partial charge in [0.05, 0.1) is 6.61 Å². The second-order valence-corrected chi connectivity index (χ2v) is 5.80. The molecule has 0 atom stereocenters. The Bertz CT molecular complexity index is 593. The monoisotopic (exact) mass is 316 g/mol. The summed E-state index contributed by atoms with van der Waals surface area (Å²) < 4.78 is 19.8. The number of ether oxygens (including phenoxy) is 1. The second kappa shape index (κ2) is 9.19. The maximum atomic E-state index is 14.2. The molecule has 0 aliphatic rings. The number of aromatic hydroxyl groups is 1. The Labute approximate surface area is 137 Å². The molecule has 0 unspecified atom stereocenters. The molecule has 0 aromatic heterocycles. The van der Waals surface area contributed by atoms with Crippen molar-refractivity contribution in [3.05, 3.63) is 48.3 Å². The summed E-state index contributed by atoms with van der Waals surface area (Å²) >= 11 is 0. The van der Waals surface area contributed by atoms with E-state index in [2.05, 4.69) is 6.92 Å². The molecule has 0 saturated heterocycles. The van der Waals surface area contributed by atoms with Crippen molar-refractivity contribution in [2.24, 2.45) is 0 Å². The van der Waals surface area contributed by atoms with E-state index in [9.17, 15) is 9.50 Å². The predicted octanol–water partition coefficient (Wildman–Crippen LogP) is 5.94. The van der Waals surface area contributed by atoms with E-state index >= 15 is 0 Å². The molecule has 0 aliphatic carbocycles. The molecule has 0 aliphatic heterocycles. The van der Waals surface area contributed by atoms with Gasteiger partial charge in [-0.25, -0.2) is 4.39 Å². The molecule has 0 spiro atoms. The van der Waals surface area contributed by atoms with Gasteiger partial charge in [0.25, 0.3) is 0 Å². The number of hydrogen-bond donors (Lipinski definition) is 1. The summed E-state index contributed by atoms with van der Waals surface area (Å²) in [4.78, 5) is 0. The third-order valence-electron chi connectivity index (χ3n) is 3.89. The average Bonchev–Trinajstić information content (AvgIpc) is 2.55. The van der Waals surface area contributed by atoms with Crippen molar-refractivity contribution >= 4 is 0 Å². The molecule has 0 amide bonds. The average molecular weight is 316 g/mol. The van der Waals surface area contributed by atoms with Crippen LogP contribution in [0.4, 0.5) is 4.39 Å². The number of phenols is 1. The topological polar surface area (TPSA) is 29.5 Å². The molecule has 0 fully saturated rings. The smallest absolute Gasteiger partial charge is 0.134 e. The molecule has 1 N–H and O–H groups in total. The van der Waals surface area contributed by atoms with Gasteiger partial charge in [-0.15, -0.1) is 0 Å². The van der Waals surface area contributed by atoms with Crippen LogP contribution in [0.3, 0.4) is 0 Å². The van der Waals surface area contributed by atoms with E-state index in [0.717, 1.165) is 18.4 Å². The van der Waals surface area contributed by atoms with E-state index in [-0.39, 0.29) is 11.6 Å². The number of rotatable bonds is 9. The maximum absolute atomic E-state index is 14.2. The standard InChI is InChI=1S/C20H25FO2/c1-2-3-4-5-6-7-14-23-18-12-13-19(20(21)15-18)16-8-10-17(22)11-9-16/h8-13,15,22H,2-7,14H2,1H3. The van der Waals surface area contributed by atoms with Crippen LogP contribution in [0.15, 0.2) is 42.5 Å². The van der Waals surface area contributed by atoms with Crippen molar-refractivity contribution in [1.82, 2.24) is 0 Å². The van der Waals surface area contributed by atoms with Gasteiger partial charge in [-0.05, 0) is 36.2 Å². The Morgan fingerprint density at radius 3 is 2.30 bits per heavy atom. The van der Waals surface area contributed by atoms with Crippen LogP contribution in [0, 0.1) is 5.82 Å².